The fourth-order valence-electron chi connectivity index (χ4n) is 6.71. The summed E-state index contributed by atoms with van der Waals surface area (Å²) < 4.78 is 5.87. The molecule has 6 nitrogen and oxygen atoms in total. The summed E-state index contributed by atoms with van der Waals surface area (Å²) in [6, 6.07) is -0.734. The maximum atomic E-state index is 13.2. The molecular weight excluding hydrogens is 731 g/mol. The normalized spacial score (nSPS) is 14.2. The standard InChI is InChI=1S/C53H89NO5/c1-4-7-10-13-16-19-22-25-28-31-34-37-40-43-46-53(58)59-49(44-41-38-35-32-29-26-23-20-17-14-11-8-5-2)47-52(57)54-50(48-55)51(56)45-42-39-36-33-30-27-24-21-18-15-12-9-6-3/h7-8,10-11,14,16-17,19-20,23,25-26,28-29,32,35,49-51,55-56H,4-6,9,12-13,15,18,21-22,24,27,30-31,33-34,36-48H2,1-3H3,(H,54,57)/b10-7+,11-8+,17-14+,19-16+,23-20-,28-25+,29-26-,35-32+. The van der Waals surface area contributed by atoms with Gasteiger partial charge in [-0.3, -0.25) is 9.59 Å². The first-order valence-corrected chi connectivity index (χ1v) is 24.0. The van der Waals surface area contributed by atoms with Crippen LogP contribution in [0.1, 0.15) is 201 Å². The Labute approximate surface area is 363 Å². The average Bonchev–Trinajstić information content (AvgIpc) is 3.23. The lowest BCUT2D eigenvalue weighted by Gasteiger charge is -2.24. The van der Waals surface area contributed by atoms with Gasteiger partial charge in [-0.2, -0.15) is 0 Å². The van der Waals surface area contributed by atoms with E-state index in [-0.39, 0.29) is 24.9 Å². The molecule has 1 amide bonds. The molecule has 0 aromatic rings. The van der Waals surface area contributed by atoms with Gasteiger partial charge in [0.2, 0.25) is 5.91 Å². The maximum absolute atomic E-state index is 13.2. The number of hydrogen-bond donors (Lipinski definition) is 3. The van der Waals surface area contributed by atoms with Gasteiger partial charge in [-0.05, 0) is 70.6 Å². The molecule has 0 saturated carbocycles. The summed E-state index contributed by atoms with van der Waals surface area (Å²) in [5.41, 5.74) is 0. The van der Waals surface area contributed by atoms with Gasteiger partial charge in [-0.25, -0.2) is 0 Å². The van der Waals surface area contributed by atoms with Crippen molar-refractivity contribution in [3.8, 4) is 0 Å². The summed E-state index contributed by atoms with van der Waals surface area (Å²) in [5, 5.41) is 23.7. The highest BCUT2D eigenvalue weighted by atomic mass is 16.5. The minimum Gasteiger partial charge on any atom is -0.462 e. The van der Waals surface area contributed by atoms with E-state index in [1.54, 1.807) is 0 Å². The molecule has 0 saturated heterocycles. The Balaban J connectivity index is 4.75. The molecule has 0 aliphatic rings. The van der Waals surface area contributed by atoms with Crippen molar-refractivity contribution in [2.24, 2.45) is 0 Å². The molecule has 0 radical (unpaired) electrons. The number of amides is 1. The first-order valence-electron chi connectivity index (χ1n) is 24.0. The first kappa shape index (κ1) is 55.8. The Kier molecular flexibility index (Phi) is 43.4. The summed E-state index contributed by atoms with van der Waals surface area (Å²) in [4.78, 5) is 26.0. The highest BCUT2D eigenvalue weighted by Crippen LogP contribution is 2.16. The van der Waals surface area contributed by atoms with Crippen LogP contribution in [0.25, 0.3) is 0 Å². The van der Waals surface area contributed by atoms with E-state index in [1.165, 1.54) is 64.2 Å². The van der Waals surface area contributed by atoms with Gasteiger partial charge in [0.15, 0.2) is 0 Å². The molecule has 59 heavy (non-hydrogen) atoms. The van der Waals surface area contributed by atoms with Crippen molar-refractivity contribution in [1.29, 1.82) is 0 Å². The molecule has 0 aromatic heterocycles. The van der Waals surface area contributed by atoms with E-state index in [0.717, 1.165) is 89.9 Å². The number of carbonyl (C=O) groups excluding carboxylic acids is 2. The van der Waals surface area contributed by atoms with Crippen LogP contribution in [0, 0.1) is 0 Å². The molecule has 336 valence electrons. The molecule has 0 fully saturated rings. The zero-order valence-corrected chi connectivity index (χ0v) is 38.1. The molecule has 3 atom stereocenters. The van der Waals surface area contributed by atoms with Crippen LogP contribution in [0.2, 0.25) is 0 Å². The van der Waals surface area contributed by atoms with Gasteiger partial charge in [0.05, 0.1) is 25.2 Å². The highest BCUT2D eigenvalue weighted by Gasteiger charge is 2.24. The van der Waals surface area contributed by atoms with E-state index >= 15 is 0 Å². The van der Waals surface area contributed by atoms with Gasteiger partial charge in [-0.1, -0.05) is 214 Å². The lowest BCUT2D eigenvalue weighted by Crippen LogP contribution is -2.46. The largest absolute Gasteiger partial charge is 0.462 e. The summed E-state index contributed by atoms with van der Waals surface area (Å²) >= 11 is 0. The molecule has 6 heteroatoms. The summed E-state index contributed by atoms with van der Waals surface area (Å²) in [6.45, 7) is 6.18. The topological polar surface area (TPSA) is 95.9 Å². The van der Waals surface area contributed by atoms with Gasteiger partial charge in [-0.15, -0.1) is 0 Å². The fourth-order valence-corrected chi connectivity index (χ4v) is 6.71. The van der Waals surface area contributed by atoms with Crippen molar-refractivity contribution in [2.45, 2.75) is 219 Å². The SMILES string of the molecule is CC/C=C/C=C/C=C\C=C/C=C/CCCC(CC(=O)NC(CO)C(O)CCCCCCCCCCCCCCC)OC(=O)CCCCCC/C=C/C/C=C/C/C=C/CC. The molecule has 0 spiro atoms. The van der Waals surface area contributed by atoms with Crippen LogP contribution >= 0.6 is 0 Å². The van der Waals surface area contributed by atoms with E-state index in [9.17, 15) is 19.8 Å². The molecule has 0 aromatic carbocycles. The molecule has 0 aliphatic heterocycles. The molecular formula is C53H89NO5. The van der Waals surface area contributed by atoms with Gasteiger partial charge >= 0.3 is 5.97 Å². The van der Waals surface area contributed by atoms with Crippen molar-refractivity contribution < 1.29 is 24.5 Å². The Bertz CT molecular complexity index is 1190. The number of rotatable bonds is 41. The zero-order valence-electron chi connectivity index (χ0n) is 38.1. The molecule has 0 heterocycles. The second-order valence-corrected chi connectivity index (χ2v) is 15.9. The van der Waals surface area contributed by atoms with Crippen LogP contribution in [0.3, 0.4) is 0 Å². The van der Waals surface area contributed by atoms with Crippen LogP contribution in [0.4, 0.5) is 0 Å². The van der Waals surface area contributed by atoms with E-state index in [4.69, 9.17) is 4.74 Å². The molecule has 3 N–H and O–H groups in total. The Morgan fingerprint density at radius 3 is 1.61 bits per heavy atom. The third-order valence-corrected chi connectivity index (χ3v) is 10.3. The minimum atomic E-state index is -0.815. The number of carbonyl (C=O) groups is 2. The van der Waals surface area contributed by atoms with Crippen LogP contribution in [0.5, 0.6) is 0 Å². The first-order chi connectivity index (χ1) is 29.0. The highest BCUT2D eigenvalue weighted by molar-refractivity contribution is 5.77. The predicted molar refractivity (Wildman–Crippen MR) is 254 cm³/mol. The fraction of sp³-hybridized carbons (Fsp3) is 0.660. The Morgan fingerprint density at radius 1 is 0.525 bits per heavy atom. The summed E-state index contributed by atoms with van der Waals surface area (Å²) in [7, 11) is 0. The summed E-state index contributed by atoms with van der Waals surface area (Å²) in [5.74, 6) is -0.582. The smallest absolute Gasteiger partial charge is 0.306 e. The molecule has 0 bridgehead atoms. The number of esters is 1. The van der Waals surface area contributed by atoms with Gasteiger partial charge in [0.1, 0.15) is 6.10 Å². The number of unbranched alkanes of at least 4 members (excludes halogenated alkanes) is 17. The lowest BCUT2D eigenvalue weighted by atomic mass is 10.0. The lowest BCUT2D eigenvalue weighted by molar-refractivity contribution is -0.151. The van der Waals surface area contributed by atoms with Gasteiger partial charge in [0, 0.05) is 6.42 Å². The number of ether oxygens (including phenoxy) is 1. The molecule has 0 rings (SSSR count). The quantitative estimate of drug-likeness (QED) is 0.0247. The van der Waals surface area contributed by atoms with Crippen LogP contribution in [0.15, 0.2) is 97.2 Å². The second kappa shape index (κ2) is 45.9. The van der Waals surface area contributed by atoms with E-state index in [2.05, 4.69) is 74.7 Å². The van der Waals surface area contributed by atoms with Gasteiger partial charge in [0.25, 0.3) is 0 Å². The minimum absolute atomic E-state index is 0.0139. The van der Waals surface area contributed by atoms with Crippen molar-refractivity contribution in [2.75, 3.05) is 6.61 Å². The number of nitrogens with one attached hydrogen (secondary N) is 1. The Hall–Kier alpha value is -3.22. The van der Waals surface area contributed by atoms with E-state index < -0.39 is 18.2 Å². The molecule has 3 unspecified atom stereocenters. The number of aliphatic hydroxyl groups is 2. The van der Waals surface area contributed by atoms with Crippen molar-refractivity contribution in [3.63, 3.8) is 0 Å². The van der Waals surface area contributed by atoms with Gasteiger partial charge < -0.3 is 20.3 Å². The average molecular weight is 820 g/mol. The van der Waals surface area contributed by atoms with Crippen molar-refractivity contribution in [3.05, 3.63) is 97.2 Å². The van der Waals surface area contributed by atoms with Crippen molar-refractivity contribution >= 4 is 11.9 Å². The number of aliphatic hydroxyl groups excluding tert-OH is 2. The van der Waals surface area contributed by atoms with Crippen LogP contribution < -0.4 is 5.32 Å². The zero-order chi connectivity index (χ0) is 43.1. The van der Waals surface area contributed by atoms with E-state index in [1.807, 2.05) is 48.6 Å². The van der Waals surface area contributed by atoms with Crippen LogP contribution in [-0.4, -0.2) is 46.9 Å². The van der Waals surface area contributed by atoms with Crippen LogP contribution in [-0.2, 0) is 14.3 Å². The maximum Gasteiger partial charge on any atom is 0.306 e. The molecule has 0 aliphatic carbocycles. The monoisotopic (exact) mass is 820 g/mol. The Morgan fingerprint density at radius 2 is 1.02 bits per heavy atom. The van der Waals surface area contributed by atoms with Crippen molar-refractivity contribution in [1.82, 2.24) is 5.32 Å². The number of allylic oxidation sites excluding steroid dienone is 16. The predicted octanol–water partition coefficient (Wildman–Crippen LogP) is 14.2. The second-order valence-electron chi connectivity index (χ2n) is 15.9. The number of hydrogen-bond acceptors (Lipinski definition) is 5. The summed E-state index contributed by atoms with van der Waals surface area (Å²) in [6.07, 6.45) is 60.4. The third kappa shape index (κ3) is 41.3. The third-order valence-electron chi connectivity index (χ3n) is 10.3. The van der Waals surface area contributed by atoms with E-state index in [0.29, 0.717) is 19.3 Å².